The molecule has 0 saturated carbocycles. The van der Waals surface area contributed by atoms with Crippen molar-refractivity contribution in [3.8, 4) is 11.5 Å². The molecule has 0 atom stereocenters. The number of ether oxygens (including phenoxy) is 2. The van der Waals surface area contributed by atoms with Gasteiger partial charge < -0.3 is 18.3 Å². The molecule has 1 aromatic carbocycles. The first-order chi connectivity index (χ1) is 7.74. The lowest BCUT2D eigenvalue weighted by molar-refractivity contribution is 0.277. The molecule has 0 aromatic heterocycles. The van der Waals surface area contributed by atoms with E-state index in [1.165, 1.54) is 0 Å². The Morgan fingerprint density at radius 2 is 1.56 bits per heavy atom. The topological polar surface area (TPSA) is 36.9 Å². The predicted molar refractivity (Wildman–Crippen MR) is 64.4 cm³/mol. The molecule has 0 aliphatic heterocycles. The van der Waals surface area contributed by atoms with Crippen molar-refractivity contribution in [1.82, 2.24) is 0 Å². The highest BCUT2D eigenvalue weighted by atomic mass is 28.3. The SMILES string of the molecule is COc1ccc(C[SiH](OC)OC)cc1OC. The van der Waals surface area contributed by atoms with Crippen molar-refractivity contribution in [1.29, 1.82) is 0 Å². The predicted octanol–water partition coefficient (Wildman–Crippen LogP) is 1.30. The van der Waals surface area contributed by atoms with E-state index >= 15 is 0 Å². The van der Waals surface area contributed by atoms with Crippen molar-refractivity contribution in [3.63, 3.8) is 0 Å². The zero-order chi connectivity index (χ0) is 12.0. The first kappa shape index (κ1) is 13.0. The molecule has 0 heterocycles. The molecule has 0 N–H and O–H groups in total. The zero-order valence-corrected chi connectivity index (χ0v) is 11.3. The van der Waals surface area contributed by atoms with Crippen LogP contribution in [0.4, 0.5) is 0 Å². The van der Waals surface area contributed by atoms with Crippen LogP contribution in [0.3, 0.4) is 0 Å². The first-order valence-corrected chi connectivity index (χ1v) is 6.77. The smallest absolute Gasteiger partial charge is 0.325 e. The van der Waals surface area contributed by atoms with E-state index in [4.69, 9.17) is 18.3 Å². The average Bonchev–Trinajstić information content (AvgIpc) is 2.35. The van der Waals surface area contributed by atoms with Crippen LogP contribution in [-0.2, 0) is 14.9 Å². The molecule has 0 aliphatic rings. The molecule has 90 valence electrons. The summed E-state index contributed by atoms with van der Waals surface area (Å²) in [5, 5.41) is 0. The van der Waals surface area contributed by atoms with E-state index < -0.39 is 9.28 Å². The van der Waals surface area contributed by atoms with Crippen LogP contribution in [-0.4, -0.2) is 37.7 Å². The summed E-state index contributed by atoms with van der Waals surface area (Å²) >= 11 is 0. The highest BCUT2D eigenvalue weighted by Crippen LogP contribution is 2.27. The van der Waals surface area contributed by atoms with E-state index in [9.17, 15) is 0 Å². The van der Waals surface area contributed by atoms with Gasteiger partial charge in [-0.3, -0.25) is 0 Å². The van der Waals surface area contributed by atoms with Crippen molar-refractivity contribution in [2.45, 2.75) is 6.04 Å². The van der Waals surface area contributed by atoms with E-state index in [0.29, 0.717) is 0 Å². The second-order valence-corrected chi connectivity index (χ2v) is 5.50. The van der Waals surface area contributed by atoms with E-state index in [0.717, 1.165) is 23.1 Å². The van der Waals surface area contributed by atoms with Crippen LogP contribution in [0.1, 0.15) is 5.56 Å². The van der Waals surface area contributed by atoms with Crippen LogP contribution in [0.15, 0.2) is 18.2 Å². The van der Waals surface area contributed by atoms with E-state index in [-0.39, 0.29) is 0 Å². The fourth-order valence-electron chi connectivity index (χ4n) is 1.46. The summed E-state index contributed by atoms with van der Waals surface area (Å²) in [6, 6.07) is 6.66. The number of hydrogen-bond donors (Lipinski definition) is 0. The van der Waals surface area contributed by atoms with Crippen LogP contribution in [0.5, 0.6) is 11.5 Å². The third-order valence-electron chi connectivity index (χ3n) is 2.38. The standard InChI is InChI=1S/C11H18O4Si/c1-12-10-6-5-9(7-11(10)13-2)8-16(14-3)15-4/h5-7,16H,8H2,1-4H3. The Kier molecular flexibility index (Phi) is 5.31. The molecule has 1 aromatic rings. The van der Waals surface area contributed by atoms with Crippen LogP contribution in [0.25, 0.3) is 0 Å². The first-order valence-electron chi connectivity index (χ1n) is 5.01. The van der Waals surface area contributed by atoms with Crippen LogP contribution < -0.4 is 9.47 Å². The van der Waals surface area contributed by atoms with Gasteiger partial charge in [0, 0.05) is 20.3 Å². The second-order valence-electron chi connectivity index (χ2n) is 3.29. The minimum Gasteiger partial charge on any atom is -0.493 e. The molecule has 0 saturated heterocycles. The van der Waals surface area contributed by atoms with E-state index in [2.05, 4.69) is 0 Å². The van der Waals surface area contributed by atoms with E-state index in [1.807, 2.05) is 18.2 Å². The van der Waals surface area contributed by atoms with Crippen molar-refractivity contribution >= 4 is 9.28 Å². The van der Waals surface area contributed by atoms with Crippen LogP contribution >= 0.6 is 0 Å². The summed E-state index contributed by atoms with van der Waals surface area (Å²) in [5.41, 5.74) is 1.14. The fourth-order valence-corrected chi connectivity index (χ4v) is 2.63. The normalized spacial score (nSPS) is 10.6. The lowest BCUT2D eigenvalue weighted by atomic mass is 10.2. The summed E-state index contributed by atoms with van der Waals surface area (Å²) in [5.74, 6) is 1.47. The molecule has 0 unspecified atom stereocenters. The molecular weight excluding hydrogens is 224 g/mol. The zero-order valence-electron chi connectivity index (χ0n) is 10.1. The van der Waals surface area contributed by atoms with Gasteiger partial charge in [0.2, 0.25) is 0 Å². The van der Waals surface area contributed by atoms with Gasteiger partial charge in [-0.15, -0.1) is 0 Å². The van der Waals surface area contributed by atoms with Gasteiger partial charge in [-0.2, -0.15) is 0 Å². The Morgan fingerprint density at radius 3 is 2.06 bits per heavy atom. The minimum atomic E-state index is -1.57. The number of benzene rings is 1. The molecule has 16 heavy (non-hydrogen) atoms. The van der Waals surface area contributed by atoms with Crippen molar-refractivity contribution in [2.24, 2.45) is 0 Å². The summed E-state index contributed by atoms with van der Waals surface area (Å²) in [7, 11) is 5.04. The summed E-state index contributed by atoms with van der Waals surface area (Å²) in [6.45, 7) is 0. The summed E-state index contributed by atoms with van der Waals surface area (Å²) in [6.07, 6.45) is 0. The lowest BCUT2D eigenvalue weighted by Crippen LogP contribution is -2.22. The Bertz CT molecular complexity index is 326. The molecular formula is C11H18O4Si. The average molecular weight is 242 g/mol. The maximum Gasteiger partial charge on any atom is 0.325 e. The molecule has 4 nitrogen and oxygen atoms in total. The van der Waals surface area contributed by atoms with Gasteiger partial charge in [-0.25, -0.2) is 0 Å². The number of rotatable bonds is 6. The Labute approximate surface area is 97.9 Å². The molecule has 5 heteroatoms. The molecule has 0 aliphatic carbocycles. The van der Waals surface area contributed by atoms with Crippen LogP contribution in [0.2, 0.25) is 0 Å². The monoisotopic (exact) mass is 242 g/mol. The van der Waals surface area contributed by atoms with Gasteiger partial charge in [-0.1, -0.05) is 6.07 Å². The van der Waals surface area contributed by atoms with Crippen LogP contribution in [0, 0.1) is 0 Å². The van der Waals surface area contributed by atoms with Gasteiger partial charge in [-0.05, 0) is 17.7 Å². The van der Waals surface area contributed by atoms with Crippen molar-refractivity contribution in [3.05, 3.63) is 23.8 Å². The number of methoxy groups -OCH3 is 2. The molecule has 0 fully saturated rings. The Balaban J connectivity index is 2.82. The molecule has 1 rings (SSSR count). The van der Waals surface area contributed by atoms with Gasteiger partial charge >= 0.3 is 9.28 Å². The summed E-state index contributed by atoms with van der Waals surface area (Å²) < 4.78 is 21.0. The highest BCUT2D eigenvalue weighted by Gasteiger charge is 2.12. The maximum atomic E-state index is 5.28. The Morgan fingerprint density at radius 1 is 0.938 bits per heavy atom. The molecule has 0 radical (unpaired) electrons. The summed E-state index contributed by atoms with van der Waals surface area (Å²) in [4.78, 5) is 0. The minimum absolute atomic E-state index is 0.735. The maximum absolute atomic E-state index is 5.28. The number of hydrogen-bond acceptors (Lipinski definition) is 4. The van der Waals surface area contributed by atoms with Crippen molar-refractivity contribution in [2.75, 3.05) is 28.4 Å². The molecule has 0 bridgehead atoms. The highest BCUT2D eigenvalue weighted by molar-refractivity contribution is 6.43. The molecule has 0 amide bonds. The van der Waals surface area contributed by atoms with Crippen molar-refractivity contribution < 1.29 is 18.3 Å². The molecule has 0 spiro atoms. The largest absolute Gasteiger partial charge is 0.493 e. The fraction of sp³-hybridized carbons (Fsp3) is 0.455. The third-order valence-corrected chi connectivity index (χ3v) is 4.23. The Hall–Kier alpha value is -1.04. The van der Waals surface area contributed by atoms with Gasteiger partial charge in [0.1, 0.15) is 0 Å². The van der Waals surface area contributed by atoms with E-state index in [1.54, 1.807) is 28.4 Å². The third kappa shape index (κ3) is 3.23. The lowest BCUT2D eigenvalue weighted by Gasteiger charge is -2.13. The van der Waals surface area contributed by atoms with Gasteiger partial charge in [0.15, 0.2) is 11.5 Å². The quantitative estimate of drug-likeness (QED) is 0.705. The van der Waals surface area contributed by atoms with Gasteiger partial charge in [0.25, 0.3) is 0 Å². The van der Waals surface area contributed by atoms with Gasteiger partial charge in [0.05, 0.1) is 14.2 Å². The second kappa shape index (κ2) is 6.52.